The first-order chi connectivity index (χ1) is 30.4. The van der Waals surface area contributed by atoms with Gasteiger partial charge in [0, 0.05) is 45.5 Å². The maximum Gasteiger partial charge on any atom is 0.259 e. The molecule has 6 aromatic rings. The van der Waals surface area contributed by atoms with E-state index in [4.69, 9.17) is 0 Å². The third-order valence-corrected chi connectivity index (χ3v) is 14.5. The zero-order valence-corrected chi connectivity index (χ0v) is 42.9. The van der Waals surface area contributed by atoms with Crippen LogP contribution in [0, 0.1) is 20.8 Å². The Hall–Kier alpha value is -5.39. The summed E-state index contributed by atoms with van der Waals surface area (Å²) in [7, 11) is 0. The topological polar surface area (TPSA) is 9.72 Å². The Morgan fingerprint density at radius 1 is 0.508 bits per heavy atom. The molecule has 0 saturated carbocycles. The van der Waals surface area contributed by atoms with E-state index in [9.17, 15) is 0 Å². The molecule has 0 aromatic heterocycles. The average molecular weight is 876 g/mol. The normalized spacial score (nSPS) is 14.1. The molecule has 0 bridgehead atoms. The van der Waals surface area contributed by atoms with Crippen LogP contribution in [-0.2, 0) is 21.7 Å². The zero-order valence-electron chi connectivity index (χ0n) is 42.1. The lowest BCUT2D eigenvalue weighted by Gasteiger charge is -2.45. The molecule has 2 heterocycles. The second-order valence-corrected chi connectivity index (χ2v) is 23.5. The van der Waals surface area contributed by atoms with E-state index in [0.717, 1.165) is 28.4 Å². The number of fused-ring (bicyclic) bond motifs is 2. The highest BCUT2D eigenvalue weighted by atomic mass is 32.2. The van der Waals surface area contributed by atoms with Crippen molar-refractivity contribution in [2.24, 2.45) is 0 Å². The molecule has 0 N–H and O–H groups in total. The van der Waals surface area contributed by atoms with Gasteiger partial charge in [-0.3, -0.25) is 0 Å². The van der Waals surface area contributed by atoms with Crippen LogP contribution in [0.4, 0.5) is 45.5 Å². The minimum Gasteiger partial charge on any atom is -0.311 e. The highest BCUT2D eigenvalue weighted by Gasteiger charge is 2.44. The predicted octanol–water partition coefficient (Wildman–Crippen LogP) is 16.1. The number of aryl methyl sites for hydroxylation is 3. The predicted molar refractivity (Wildman–Crippen MR) is 289 cm³/mol. The van der Waals surface area contributed by atoms with Crippen LogP contribution in [-0.4, -0.2) is 13.0 Å². The van der Waals surface area contributed by atoms with Crippen LogP contribution in [0.5, 0.6) is 0 Å². The van der Waals surface area contributed by atoms with Gasteiger partial charge in [0.15, 0.2) is 0 Å². The average Bonchev–Trinajstić information content (AvgIpc) is 3.23. The zero-order chi connectivity index (χ0) is 47.1. The lowest BCUT2D eigenvalue weighted by atomic mass is 9.36. The van der Waals surface area contributed by atoms with Gasteiger partial charge in [0.05, 0.1) is 5.69 Å². The van der Waals surface area contributed by atoms with Crippen molar-refractivity contribution in [3.63, 3.8) is 0 Å². The number of anilines is 8. The van der Waals surface area contributed by atoms with E-state index in [1.54, 1.807) is 0 Å². The molecule has 65 heavy (non-hydrogen) atoms. The van der Waals surface area contributed by atoms with Crippen molar-refractivity contribution in [1.29, 1.82) is 0 Å². The van der Waals surface area contributed by atoms with Gasteiger partial charge in [-0.25, -0.2) is 0 Å². The number of allylic oxidation sites excluding steroid dienone is 1. The van der Waals surface area contributed by atoms with Crippen LogP contribution in [0.3, 0.4) is 0 Å². The number of rotatable bonds is 7. The number of nitrogens with zero attached hydrogens (tertiary/aromatic N) is 3. The minimum atomic E-state index is 0.0110. The molecule has 6 aromatic carbocycles. The molecule has 2 aliphatic heterocycles. The van der Waals surface area contributed by atoms with E-state index in [2.05, 4.69) is 253 Å². The van der Waals surface area contributed by atoms with Gasteiger partial charge in [-0.05, 0) is 170 Å². The van der Waals surface area contributed by atoms with E-state index in [-0.39, 0.29) is 28.4 Å². The van der Waals surface area contributed by atoms with E-state index in [1.807, 2.05) is 11.8 Å². The second-order valence-electron chi connectivity index (χ2n) is 22.7. The SMILES string of the molecule is C=CC1=C(SC)B2c3ccc(N(c4ccc(C(C)(C)C)cc4)c4c(C)cc(C(C)(C)C)cc4C)cc3N(c3ccc(C(C)(C)C)cc3)c3cc(C)cc(c32)N1c1ccc(C(C)(C)C)cc1. The molecule has 334 valence electrons. The Kier molecular flexibility index (Phi) is 11.7. The molecule has 0 amide bonds. The Morgan fingerprint density at radius 3 is 1.38 bits per heavy atom. The summed E-state index contributed by atoms with van der Waals surface area (Å²) in [6.45, 7) is 38.9. The van der Waals surface area contributed by atoms with Gasteiger partial charge in [-0.15, -0.1) is 11.8 Å². The second kappa shape index (κ2) is 16.5. The molecule has 0 saturated heterocycles. The number of hydrogen-bond acceptors (Lipinski definition) is 4. The molecule has 0 atom stereocenters. The largest absolute Gasteiger partial charge is 0.311 e. The van der Waals surface area contributed by atoms with Crippen LogP contribution in [0.25, 0.3) is 0 Å². The summed E-state index contributed by atoms with van der Waals surface area (Å²) < 4.78 is 0. The van der Waals surface area contributed by atoms with Crippen LogP contribution in [0.2, 0.25) is 0 Å². The Labute approximate surface area is 396 Å². The van der Waals surface area contributed by atoms with Gasteiger partial charge in [-0.1, -0.05) is 144 Å². The van der Waals surface area contributed by atoms with Crippen molar-refractivity contribution in [2.45, 2.75) is 126 Å². The van der Waals surface area contributed by atoms with Crippen molar-refractivity contribution in [3.05, 3.63) is 177 Å². The first-order valence-electron chi connectivity index (χ1n) is 23.4. The summed E-state index contributed by atoms with van der Waals surface area (Å²) in [5, 5.41) is 0. The van der Waals surface area contributed by atoms with Crippen molar-refractivity contribution in [3.8, 4) is 0 Å². The van der Waals surface area contributed by atoms with Crippen molar-refractivity contribution < 1.29 is 0 Å². The molecule has 0 unspecified atom stereocenters. The molecular formula is C60H70BN3S. The summed E-state index contributed by atoms with van der Waals surface area (Å²) in [5.74, 6) is 0. The summed E-state index contributed by atoms with van der Waals surface area (Å²) in [5.41, 5.74) is 22.4. The summed E-state index contributed by atoms with van der Waals surface area (Å²) >= 11 is 1.84. The van der Waals surface area contributed by atoms with E-state index in [1.165, 1.54) is 77.4 Å². The molecule has 0 radical (unpaired) electrons. The van der Waals surface area contributed by atoms with Crippen molar-refractivity contribution in [2.75, 3.05) is 21.0 Å². The monoisotopic (exact) mass is 876 g/mol. The summed E-state index contributed by atoms with van der Waals surface area (Å²) in [4.78, 5) is 8.82. The molecular weight excluding hydrogens is 806 g/mol. The van der Waals surface area contributed by atoms with Crippen LogP contribution in [0.1, 0.15) is 122 Å². The summed E-state index contributed by atoms with van der Waals surface area (Å²) in [6.07, 6.45) is 4.32. The fourth-order valence-corrected chi connectivity index (χ4v) is 10.8. The molecule has 3 nitrogen and oxygen atoms in total. The molecule has 8 rings (SSSR count). The fourth-order valence-electron chi connectivity index (χ4n) is 9.93. The smallest absolute Gasteiger partial charge is 0.259 e. The molecule has 2 aliphatic rings. The highest BCUT2D eigenvalue weighted by molar-refractivity contribution is 8.04. The first-order valence-corrected chi connectivity index (χ1v) is 24.7. The van der Waals surface area contributed by atoms with E-state index >= 15 is 0 Å². The number of benzene rings is 6. The quantitative estimate of drug-likeness (QED) is 0.148. The van der Waals surface area contributed by atoms with Crippen LogP contribution in [0.15, 0.2) is 138 Å². The Bertz CT molecular complexity index is 2800. The fraction of sp³-hybridized carbons (Fsp3) is 0.333. The highest BCUT2D eigenvalue weighted by Crippen LogP contribution is 2.49. The van der Waals surface area contributed by atoms with Gasteiger partial charge in [0.25, 0.3) is 6.71 Å². The van der Waals surface area contributed by atoms with Gasteiger partial charge in [0.2, 0.25) is 0 Å². The van der Waals surface area contributed by atoms with Crippen LogP contribution < -0.4 is 25.6 Å². The molecule has 0 spiro atoms. The third kappa shape index (κ3) is 8.39. The minimum absolute atomic E-state index is 0.0110. The Morgan fingerprint density at radius 2 is 0.938 bits per heavy atom. The van der Waals surface area contributed by atoms with Gasteiger partial charge in [0.1, 0.15) is 0 Å². The van der Waals surface area contributed by atoms with Gasteiger partial charge in [-0.2, -0.15) is 0 Å². The maximum absolute atomic E-state index is 4.50. The lowest BCUT2D eigenvalue weighted by Crippen LogP contribution is -2.55. The molecule has 0 fully saturated rings. The van der Waals surface area contributed by atoms with Crippen LogP contribution >= 0.6 is 11.8 Å². The van der Waals surface area contributed by atoms with Crippen molar-refractivity contribution in [1.82, 2.24) is 0 Å². The van der Waals surface area contributed by atoms with Crippen molar-refractivity contribution >= 4 is 74.9 Å². The van der Waals surface area contributed by atoms with Gasteiger partial charge >= 0.3 is 0 Å². The van der Waals surface area contributed by atoms with Gasteiger partial charge < -0.3 is 14.7 Å². The number of thioether (sulfide) groups is 1. The first kappa shape index (κ1) is 46.2. The lowest BCUT2D eigenvalue weighted by molar-refractivity contribution is 0.589. The summed E-state index contributed by atoms with van der Waals surface area (Å²) in [6, 6.07) is 44.6. The number of hydrogen-bond donors (Lipinski definition) is 0. The third-order valence-electron chi connectivity index (χ3n) is 13.6. The van der Waals surface area contributed by atoms with E-state index in [0.29, 0.717) is 0 Å². The molecule has 0 aliphatic carbocycles. The standard InChI is InChI=1S/C60H70BN3S/c1-18-50-56(65-17)61-49-32-31-48(62(45-25-19-41(20-26-45)57(5,6)7)55-39(3)35-44(36-40(55)4)60(14,15)16)37-51(49)64(47-29-23-43(24-30-47)59(11,12)13)53-34-38(2)33-52(54(53)61)63(50)46-27-21-42(22-28-46)58(8,9)10/h18-37H,1H2,2-17H3. The Balaban J connectivity index is 1.42. The molecule has 5 heteroatoms. The maximum atomic E-state index is 4.50. The van der Waals surface area contributed by atoms with E-state index < -0.39 is 0 Å².